The van der Waals surface area contributed by atoms with Crippen LogP contribution in [0.25, 0.3) is 55.3 Å². The van der Waals surface area contributed by atoms with E-state index >= 15 is 0 Å². The van der Waals surface area contributed by atoms with Crippen molar-refractivity contribution in [3.63, 3.8) is 0 Å². The molecule has 5 aliphatic carbocycles. The fourth-order valence-corrected chi connectivity index (χ4v) is 11.9. The monoisotopic (exact) mass is 695 g/mol. The van der Waals surface area contributed by atoms with E-state index in [0.29, 0.717) is 11.8 Å². The van der Waals surface area contributed by atoms with Gasteiger partial charge >= 0.3 is 0 Å². The second-order valence-corrected chi connectivity index (χ2v) is 16.5. The highest BCUT2D eigenvalue weighted by atomic mass is 16.3. The first kappa shape index (κ1) is 30.6. The fourth-order valence-electron chi connectivity index (χ4n) is 11.9. The Morgan fingerprint density at radius 2 is 1.07 bits per heavy atom. The Hall–Kier alpha value is -5.86. The molecule has 0 saturated heterocycles. The van der Waals surface area contributed by atoms with Crippen molar-refractivity contribution in [3.8, 4) is 33.4 Å². The number of rotatable bonds is 5. The van der Waals surface area contributed by atoms with E-state index in [1.165, 1.54) is 71.2 Å². The lowest BCUT2D eigenvalue weighted by atomic mass is 9.43. The van der Waals surface area contributed by atoms with E-state index in [2.05, 4.69) is 169 Å². The summed E-state index contributed by atoms with van der Waals surface area (Å²) in [7, 11) is 0. The maximum atomic E-state index is 6.32. The number of nitrogens with zero attached hydrogens (tertiary/aromatic N) is 1. The molecule has 0 atom stereocenters. The van der Waals surface area contributed by atoms with Crippen LogP contribution in [0.1, 0.15) is 43.2 Å². The third-order valence-corrected chi connectivity index (χ3v) is 13.8. The summed E-state index contributed by atoms with van der Waals surface area (Å²) in [6.45, 7) is 0. The minimum absolute atomic E-state index is 0.0861. The summed E-state index contributed by atoms with van der Waals surface area (Å²) in [6.07, 6.45) is 6.95. The molecule has 1 spiro atoms. The normalized spacial score (nSPS) is 23.3. The van der Waals surface area contributed by atoms with E-state index < -0.39 is 0 Å². The number of anilines is 3. The molecule has 4 bridgehead atoms. The number of furan rings is 1. The molecule has 2 nitrogen and oxygen atoms in total. The van der Waals surface area contributed by atoms with Crippen LogP contribution < -0.4 is 4.90 Å². The molecule has 54 heavy (non-hydrogen) atoms. The molecule has 5 aliphatic rings. The predicted molar refractivity (Wildman–Crippen MR) is 223 cm³/mol. The van der Waals surface area contributed by atoms with Gasteiger partial charge in [0.05, 0.1) is 5.69 Å². The third-order valence-electron chi connectivity index (χ3n) is 13.8. The summed E-state index contributed by atoms with van der Waals surface area (Å²) in [5, 5.41) is 2.28. The molecular formula is C52H41NO. The first-order chi connectivity index (χ1) is 26.7. The maximum absolute atomic E-state index is 6.32. The molecule has 0 N–H and O–H groups in total. The van der Waals surface area contributed by atoms with Crippen LogP contribution in [-0.4, -0.2) is 0 Å². The first-order valence-electron chi connectivity index (χ1n) is 19.9. The van der Waals surface area contributed by atoms with Crippen LogP contribution in [0.5, 0.6) is 0 Å². The Kier molecular flexibility index (Phi) is 6.55. The van der Waals surface area contributed by atoms with E-state index in [9.17, 15) is 0 Å². The molecule has 0 amide bonds. The van der Waals surface area contributed by atoms with E-state index in [-0.39, 0.29) is 5.41 Å². The molecule has 0 radical (unpaired) electrons. The average Bonchev–Trinajstić information content (AvgIpc) is 3.73. The Labute approximate surface area is 316 Å². The molecule has 8 aromatic rings. The number of benzene rings is 7. The average molecular weight is 696 g/mol. The van der Waals surface area contributed by atoms with Crippen molar-refractivity contribution in [2.75, 3.05) is 4.90 Å². The van der Waals surface area contributed by atoms with Gasteiger partial charge in [-0.3, -0.25) is 0 Å². The topological polar surface area (TPSA) is 16.4 Å². The van der Waals surface area contributed by atoms with Gasteiger partial charge in [-0.25, -0.2) is 0 Å². The van der Waals surface area contributed by atoms with Gasteiger partial charge in [-0.05, 0) is 143 Å². The third kappa shape index (κ3) is 4.34. The molecule has 1 heterocycles. The molecule has 0 unspecified atom stereocenters. The van der Waals surface area contributed by atoms with E-state index in [0.717, 1.165) is 45.1 Å². The zero-order chi connectivity index (χ0) is 35.4. The molecule has 260 valence electrons. The summed E-state index contributed by atoms with van der Waals surface area (Å²) in [6, 6.07) is 60.8. The van der Waals surface area contributed by atoms with Gasteiger partial charge in [0.1, 0.15) is 11.2 Å². The highest BCUT2D eigenvalue weighted by Gasteiger charge is 2.61. The minimum atomic E-state index is 0.0861. The lowest BCUT2D eigenvalue weighted by Crippen LogP contribution is -2.55. The van der Waals surface area contributed by atoms with Crippen molar-refractivity contribution in [2.45, 2.75) is 37.5 Å². The zero-order valence-electron chi connectivity index (χ0n) is 30.3. The van der Waals surface area contributed by atoms with Gasteiger partial charge < -0.3 is 9.32 Å². The van der Waals surface area contributed by atoms with Crippen molar-refractivity contribution < 1.29 is 4.42 Å². The molecule has 0 aliphatic heterocycles. The summed E-state index contributed by atoms with van der Waals surface area (Å²) in [5.41, 5.74) is 16.5. The van der Waals surface area contributed by atoms with Gasteiger partial charge in [0, 0.05) is 33.1 Å². The Bertz CT molecular complexity index is 2710. The van der Waals surface area contributed by atoms with Gasteiger partial charge in [-0.15, -0.1) is 0 Å². The summed E-state index contributed by atoms with van der Waals surface area (Å²) in [4.78, 5) is 2.49. The standard InChI is InChI=1S/C52H41NO/c1-3-11-35(12-4-1)37-19-22-43-45-31-40(20-23-47(45)52(48(43)30-37)38-26-33-25-34(28-38)29-39(52)27-33)53(49-17-9-7-15-42(49)36-13-5-2-6-14-36)41-21-24-51-46(32-41)44-16-8-10-18-50(44)54-51/h1-24,30-34,38-39H,25-29H2. The lowest BCUT2D eigenvalue weighted by Gasteiger charge is -2.61. The predicted octanol–water partition coefficient (Wildman–Crippen LogP) is 14.1. The van der Waals surface area contributed by atoms with Gasteiger partial charge in [0.2, 0.25) is 0 Å². The first-order valence-corrected chi connectivity index (χ1v) is 19.9. The van der Waals surface area contributed by atoms with Crippen molar-refractivity contribution in [3.05, 3.63) is 175 Å². The second-order valence-electron chi connectivity index (χ2n) is 16.5. The Morgan fingerprint density at radius 3 is 1.87 bits per heavy atom. The highest BCUT2D eigenvalue weighted by Crippen LogP contribution is 2.70. The number of hydrogen-bond donors (Lipinski definition) is 0. The van der Waals surface area contributed by atoms with Crippen LogP contribution in [0.2, 0.25) is 0 Å². The number of fused-ring (bicyclic) bond motifs is 6. The van der Waals surface area contributed by atoms with Gasteiger partial charge in [-0.1, -0.05) is 115 Å². The van der Waals surface area contributed by atoms with Crippen LogP contribution in [0.3, 0.4) is 0 Å². The van der Waals surface area contributed by atoms with E-state index in [4.69, 9.17) is 4.42 Å². The summed E-state index contributed by atoms with van der Waals surface area (Å²) in [5.74, 6) is 3.22. The van der Waals surface area contributed by atoms with Crippen LogP contribution in [0.15, 0.2) is 168 Å². The quantitative estimate of drug-likeness (QED) is 0.178. The number of para-hydroxylation sites is 2. The Morgan fingerprint density at radius 1 is 0.426 bits per heavy atom. The Balaban J connectivity index is 1.10. The molecule has 4 fully saturated rings. The van der Waals surface area contributed by atoms with Crippen molar-refractivity contribution in [1.29, 1.82) is 0 Å². The zero-order valence-corrected chi connectivity index (χ0v) is 30.3. The largest absolute Gasteiger partial charge is 0.456 e. The van der Waals surface area contributed by atoms with Crippen LogP contribution >= 0.6 is 0 Å². The van der Waals surface area contributed by atoms with E-state index in [1.54, 1.807) is 11.1 Å². The molecule has 13 rings (SSSR count). The number of hydrogen-bond acceptors (Lipinski definition) is 2. The van der Waals surface area contributed by atoms with Crippen LogP contribution in [0.4, 0.5) is 17.1 Å². The van der Waals surface area contributed by atoms with Crippen molar-refractivity contribution in [2.24, 2.45) is 23.7 Å². The van der Waals surface area contributed by atoms with Gasteiger partial charge in [-0.2, -0.15) is 0 Å². The smallest absolute Gasteiger partial charge is 0.135 e. The maximum Gasteiger partial charge on any atom is 0.135 e. The van der Waals surface area contributed by atoms with Crippen molar-refractivity contribution in [1.82, 2.24) is 0 Å². The highest BCUT2D eigenvalue weighted by molar-refractivity contribution is 6.07. The molecule has 2 heteroatoms. The van der Waals surface area contributed by atoms with Gasteiger partial charge in [0.15, 0.2) is 0 Å². The molecular weight excluding hydrogens is 655 g/mol. The lowest BCUT2D eigenvalue weighted by molar-refractivity contribution is -0.0399. The van der Waals surface area contributed by atoms with E-state index in [1.807, 2.05) is 0 Å². The van der Waals surface area contributed by atoms with Crippen LogP contribution in [-0.2, 0) is 5.41 Å². The molecule has 4 saturated carbocycles. The SMILES string of the molecule is c1ccc(-c2ccc3c(c2)C2(c4ccc(N(c5ccc6oc7ccccc7c6c5)c5ccccc5-c5ccccc5)cc4-3)C3CC4CC(C3)CC2C4)cc1. The summed E-state index contributed by atoms with van der Waals surface area (Å²) >= 11 is 0. The van der Waals surface area contributed by atoms with Crippen molar-refractivity contribution >= 4 is 39.0 Å². The molecule has 1 aromatic heterocycles. The summed E-state index contributed by atoms with van der Waals surface area (Å²) < 4.78 is 6.32. The van der Waals surface area contributed by atoms with Crippen LogP contribution in [0, 0.1) is 23.7 Å². The van der Waals surface area contributed by atoms with Gasteiger partial charge in [0.25, 0.3) is 0 Å². The fraction of sp³-hybridized carbons (Fsp3) is 0.192. The second kappa shape index (κ2) is 11.6. The minimum Gasteiger partial charge on any atom is -0.456 e. The molecule has 7 aromatic carbocycles.